The Morgan fingerprint density at radius 2 is 1.86 bits per heavy atom. The molecule has 1 rings (SSSR count). The van der Waals surface area contributed by atoms with Gasteiger partial charge in [0.05, 0.1) is 12.1 Å². The summed E-state index contributed by atoms with van der Waals surface area (Å²) in [6.45, 7) is 9.18. The number of ether oxygens (including phenoxy) is 1. The van der Waals surface area contributed by atoms with E-state index in [1.807, 2.05) is 18.2 Å². The van der Waals surface area contributed by atoms with Gasteiger partial charge in [-0.05, 0) is 34.6 Å². The van der Waals surface area contributed by atoms with Crippen LogP contribution in [-0.4, -0.2) is 35.5 Å². The highest BCUT2D eigenvalue weighted by Crippen LogP contribution is 2.06. The van der Waals surface area contributed by atoms with Crippen LogP contribution in [0.4, 0.5) is 4.79 Å². The van der Waals surface area contributed by atoms with Crippen molar-refractivity contribution >= 4 is 6.09 Å². The van der Waals surface area contributed by atoms with Gasteiger partial charge < -0.3 is 20.9 Å². The second-order valence-corrected chi connectivity index (χ2v) is 5.89. The van der Waals surface area contributed by atoms with E-state index in [0.717, 1.165) is 0 Å². The van der Waals surface area contributed by atoms with Gasteiger partial charge in [0.1, 0.15) is 5.60 Å². The minimum Gasteiger partial charge on any atom is -0.444 e. The number of hydrogen-bond acceptors (Lipinski definition) is 4. The second-order valence-electron chi connectivity index (χ2n) is 5.89. The van der Waals surface area contributed by atoms with E-state index in [1.54, 1.807) is 27.7 Å². The summed E-state index contributed by atoms with van der Waals surface area (Å²) in [5.41, 5.74) is 6.03. The lowest BCUT2D eigenvalue weighted by Gasteiger charge is -2.23. The van der Waals surface area contributed by atoms with E-state index in [2.05, 4.69) is 24.4 Å². The molecule has 0 saturated carbocycles. The van der Waals surface area contributed by atoms with Crippen molar-refractivity contribution in [2.24, 2.45) is 5.73 Å². The fraction of sp³-hybridized carbons (Fsp3) is 0.562. The van der Waals surface area contributed by atoms with Crippen LogP contribution >= 0.6 is 0 Å². The molecule has 2 atom stereocenters. The predicted octanol–water partition coefficient (Wildman–Crippen LogP) is 2.21. The molecule has 1 amide bonds. The van der Waals surface area contributed by atoms with E-state index < -0.39 is 23.8 Å². The van der Waals surface area contributed by atoms with Crippen molar-refractivity contribution in [1.29, 1.82) is 0 Å². The highest BCUT2D eigenvalue weighted by molar-refractivity contribution is 5.68. The van der Waals surface area contributed by atoms with Crippen molar-refractivity contribution < 1.29 is 14.6 Å². The Kier molecular flexibility index (Phi) is 8.66. The number of alkyl carbamates (subject to hydrolysis) is 1. The third-order valence-corrected chi connectivity index (χ3v) is 2.50. The number of carbonyl (C=O) groups is 1. The van der Waals surface area contributed by atoms with Crippen LogP contribution in [0.15, 0.2) is 30.3 Å². The van der Waals surface area contributed by atoms with E-state index in [0.29, 0.717) is 0 Å². The van der Waals surface area contributed by atoms with Crippen LogP contribution in [0, 0.1) is 6.92 Å². The van der Waals surface area contributed by atoms with Crippen LogP contribution in [0.2, 0.25) is 0 Å². The monoisotopic (exact) mass is 296 g/mol. The zero-order valence-electron chi connectivity index (χ0n) is 13.6. The van der Waals surface area contributed by atoms with E-state index in [-0.39, 0.29) is 6.54 Å². The molecule has 0 aliphatic rings. The Morgan fingerprint density at radius 1 is 1.33 bits per heavy atom. The van der Waals surface area contributed by atoms with Crippen LogP contribution in [0.3, 0.4) is 0 Å². The first-order valence-electron chi connectivity index (χ1n) is 7.05. The summed E-state index contributed by atoms with van der Waals surface area (Å²) in [5.74, 6) is 0. The van der Waals surface area contributed by atoms with Gasteiger partial charge >= 0.3 is 6.09 Å². The van der Waals surface area contributed by atoms with Crippen molar-refractivity contribution in [3.05, 3.63) is 35.9 Å². The highest BCUT2D eigenvalue weighted by Gasteiger charge is 2.20. The summed E-state index contributed by atoms with van der Waals surface area (Å²) in [7, 11) is 0. The Labute approximate surface area is 127 Å². The number of carbonyl (C=O) groups excluding carboxylic acids is 1. The lowest BCUT2D eigenvalue weighted by molar-refractivity contribution is 0.0443. The maximum absolute atomic E-state index is 11.2. The van der Waals surface area contributed by atoms with Crippen LogP contribution in [0.5, 0.6) is 0 Å². The van der Waals surface area contributed by atoms with Crippen molar-refractivity contribution in [2.45, 2.75) is 52.4 Å². The molecule has 0 saturated heterocycles. The van der Waals surface area contributed by atoms with Crippen LogP contribution < -0.4 is 11.1 Å². The van der Waals surface area contributed by atoms with Gasteiger partial charge in [-0.2, -0.15) is 0 Å². The second kappa shape index (κ2) is 9.37. The van der Waals surface area contributed by atoms with E-state index in [1.165, 1.54) is 5.56 Å². The lowest BCUT2D eigenvalue weighted by Crippen LogP contribution is -2.46. The molecule has 0 aliphatic carbocycles. The molecule has 4 N–H and O–H groups in total. The Balaban J connectivity index is 0.000000471. The normalized spacial score (nSPS) is 13.5. The molecule has 1 aromatic rings. The largest absolute Gasteiger partial charge is 0.444 e. The molecule has 5 heteroatoms. The van der Waals surface area contributed by atoms with Gasteiger partial charge in [-0.25, -0.2) is 4.79 Å². The number of rotatable bonds is 3. The standard InChI is InChI=1S/C9H20N2O3.C7H8/c1-6(7(12)5-10)11-8(13)14-9(2,3)4;1-7-5-3-2-4-6-7/h6-7,12H,5,10H2,1-4H3,(H,11,13);2-6H,1H3/t6-,7?;/m0./s1. The van der Waals surface area contributed by atoms with Gasteiger partial charge in [0.15, 0.2) is 0 Å². The molecular formula is C16H28N2O3. The van der Waals surface area contributed by atoms with Crippen molar-refractivity contribution in [3.8, 4) is 0 Å². The molecule has 0 bridgehead atoms. The maximum atomic E-state index is 11.2. The first-order valence-corrected chi connectivity index (χ1v) is 7.05. The maximum Gasteiger partial charge on any atom is 0.407 e. The number of aliphatic hydroxyl groups excluding tert-OH is 1. The number of nitrogens with two attached hydrogens (primary N) is 1. The van der Waals surface area contributed by atoms with Crippen LogP contribution in [0.1, 0.15) is 33.3 Å². The zero-order chi connectivity index (χ0) is 16.5. The lowest BCUT2D eigenvalue weighted by atomic mass is 10.2. The summed E-state index contributed by atoms with van der Waals surface area (Å²) >= 11 is 0. The third-order valence-electron chi connectivity index (χ3n) is 2.50. The quantitative estimate of drug-likeness (QED) is 0.798. The summed E-state index contributed by atoms with van der Waals surface area (Å²) in [4.78, 5) is 11.2. The summed E-state index contributed by atoms with van der Waals surface area (Å²) < 4.78 is 5.00. The van der Waals surface area contributed by atoms with Gasteiger partial charge in [-0.1, -0.05) is 35.9 Å². The fourth-order valence-corrected chi connectivity index (χ4v) is 1.33. The van der Waals surface area contributed by atoms with E-state index in [9.17, 15) is 9.90 Å². The fourth-order valence-electron chi connectivity index (χ4n) is 1.33. The van der Waals surface area contributed by atoms with Gasteiger partial charge in [-0.15, -0.1) is 0 Å². The van der Waals surface area contributed by atoms with Gasteiger partial charge in [-0.3, -0.25) is 0 Å². The minimum absolute atomic E-state index is 0.108. The Bertz CT molecular complexity index is 402. The molecule has 0 radical (unpaired) electrons. The molecule has 0 heterocycles. The number of nitrogens with one attached hydrogen (secondary N) is 1. The van der Waals surface area contributed by atoms with Crippen molar-refractivity contribution in [1.82, 2.24) is 5.32 Å². The van der Waals surface area contributed by atoms with E-state index in [4.69, 9.17) is 10.5 Å². The Morgan fingerprint density at radius 3 is 2.19 bits per heavy atom. The first kappa shape index (κ1) is 19.4. The number of hydrogen-bond donors (Lipinski definition) is 3. The third kappa shape index (κ3) is 10.8. The molecule has 120 valence electrons. The minimum atomic E-state index is -0.748. The Hall–Kier alpha value is -1.59. The highest BCUT2D eigenvalue weighted by atomic mass is 16.6. The van der Waals surface area contributed by atoms with Crippen LogP contribution in [-0.2, 0) is 4.74 Å². The predicted molar refractivity (Wildman–Crippen MR) is 85.1 cm³/mol. The molecule has 21 heavy (non-hydrogen) atoms. The van der Waals surface area contributed by atoms with Gasteiger partial charge in [0.2, 0.25) is 0 Å². The van der Waals surface area contributed by atoms with Gasteiger partial charge in [0, 0.05) is 6.54 Å². The van der Waals surface area contributed by atoms with Crippen molar-refractivity contribution in [2.75, 3.05) is 6.54 Å². The molecule has 5 nitrogen and oxygen atoms in total. The molecule has 0 fully saturated rings. The van der Waals surface area contributed by atoms with Crippen LogP contribution in [0.25, 0.3) is 0 Å². The number of benzene rings is 1. The van der Waals surface area contributed by atoms with Gasteiger partial charge in [0.25, 0.3) is 0 Å². The number of amides is 1. The number of aliphatic hydroxyl groups is 1. The molecule has 1 aromatic carbocycles. The SMILES string of the molecule is C[C@H](NC(=O)OC(C)(C)C)C(O)CN.Cc1ccccc1. The molecule has 1 unspecified atom stereocenters. The molecule has 0 aliphatic heterocycles. The summed E-state index contributed by atoms with van der Waals surface area (Å²) in [6.07, 6.45) is -1.29. The molecule has 0 spiro atoms. The van der Waals surface area contributed by atoms with Crippen molar-refractivity contribution in [3.63, 3.8) is 0 Å². The van der Waals surface area contributed by atoms with E-state index >= 15 is 0 Å². The first-order chi connectivity index (χ1) is 9.65. The average molecular weight is 296 g/mol. The molecular weight excluding hydrogens is 268 g/mol. The number of aryl methyl sites for hydroxylation is 1. The molecule has 0 aromatic heterocycles. The summed E-state index contributed by atoms with van der Waals surface area (Å²) in [5, 5.41) is 11.8. The average Bonchev–Trinajstić information content (AvgIpc) is 2.37. The topological polar surface area (TPSA) is 84.6 Å². The smallest absolute Gasteiger partial charge is 0.407 e. The summed E-state index contributed by atoms with van der Waals surface area (Å²) in [6, 6.07) is 9.85. The zero-order valence-corrected chi connectivity index (χ0v) is 13.6.